The number of ether oxygens (including phenoxy) is 2. The quantitative estimate of drug-likeness (QED) is 0.0371. The third kappa shape index (κ3) is 18.1. The molecule has 0 spiro atoms. The smallest absolute Gasteiger partial charge is 0.332 e. The van der Waals surface area contributed by atoms with E-state index in [1.165, 1.54) is 94.9 Å². The van der Waals surface area contributed by atoms with E-state index in [4.69, 9.17) is 32.7 Å². The van der Waals surface area contributed by atoms with Crippen molar-refractivity contribution in [2.45, 2.75) is 127 Å². The monoisotopic (exact) mass is 646 g/mol. The Bertz CT molecular complexity index is 946. The van der Waals surface area contributed by atoms with E-state index in [0.29, 0.717) is 6.42 Å². The van der Waals surface area contributed by atoms with Gasteiger partial charge in [0.2, 0.25) is 0 Å². The highest BCUT2D eigenvalue weighted by Crippen LogP contribution is 2.25. The fraction of sp³-hybridized carbons (Fsp3) is 0.710. The molecule has 0 heterocycles. The van der Waals surface area contributed by atoms with E-state index < -0.39 is 46.4 Å². The van der Waals surface area contributed by atoms with Crippen LogP contribution in [0.15, 0.2) is 24.3 Å². The van der Waals surface area contributed by atoms with E-state index in [0.717, 1.165) is 19.3 Å². The van der Waals surface area contributed by atoms with Gasteiger partial charge in [-0.05, 0) is 24.1 Å². The van der Waals surface area contributed by atoms with Crippen molar-refractivity contribution in [3.8, 4) is 0 Å². The van der Waals surface area contributed by atoms with Gasteiger partial charge in [0, 0.05) is 18.6 Å². The Balaban J connectivity index is 2.48. The van der Waals surface area contributed by atoms with E-state index >= 15 is 0 Å². The summed E-state index contributed by atoms with van der Waals surface area (Å²) in [5, 5.41) is 22.7. The number of aliphatic hydroxyl groups excluding tert-OH is 1. The number of nitro benzene ring substituents is 1. The van der Waals surface area contributed by atoms with Gasteiger partial charge in [-0.15, -0.1) is 0 Å². The maximum absolute atomic E-state index is 12.4. The third-order valence-electron chi connectivity index (χ3n) is 7.12. The van der Waals surface area contributed by atoms with Crippen molar-refractivity contribution in [3.05, 3.63) is 39.9 Å². The first-order valence-corrected chi connectivity index (χ1v) is 16.4. The second kappa shape index (κ2) is 24.0. The van der Waals surface area contributed by atoms with Gasteiger partial charge in [0.05, 0.1) is 4.92 Å². The highest BCUT2D eigenvalue weighted by Gasteiger charge is 2.31. The minimum atomic E-state index is -1.45. The molecule has 0 aliphatic rings. The second-order valence-corrected chi connectivity index (χ2v) is 11.8. The first kappa shape index (κ1) is 38.6. The number of nitrogens with zero attached hydrogens (tertiary/aromatic N) is 1. The first-order chi connectivity index (χ1) is 20.7. The van der Waals surface area contributed by atoms with Crippen molar-refractivity contribution >= 4 is 46.7 Å². The maximum Gasteiger partial charge on any atom is 0.332 e. The average molecular weight is 648 g/mol. The highest BCUT2D eigenvalue weighted by atomic mass is 35.5. The lowest BCUT2D eigenvalue weighted by Gasteiger charge is -2.28. The van der Waals surface area contributed by atoms with Crippen LogP contribution < -0.4 is 5.32 Å². The van der Waals surface area contributed by atoms with E-state index in [1.54, 1.807) is 0 Å². The molecule has 12 heteroatoms. The lowest BCUT2D eigenvalue weighted by Crippen LogP contribution is -2.46. The van der Waals surface area contributed by atoms with Crippen LogP contribution in [0.2, 0.25) is 0 Å². The number of carbonyl (C=O) groups is 3. The topological polar surface area (TPSA) is 145 Å². The summed E-state index contributed by atoms with van der Waals surface area (Å²) >= 11 is 11.3. The normalized spacial score (nSPS) is 12.5. The largest absolute Gasteiger partial charge is 0.463 e. The van der Waals surface area contributed by atoms with Crippen molar-refractivity contribution < 1.29 is 33.9 Å². The molecule has 10 nitrogen and oxygen atoms in total. The molecule has 1 aromatic rings. The number of rotatable bonds is 25. The van der Waals surface area contributed by atoms with Gasteiger partial charge in [0.25, 0.3) is 11.6 Å². The molecular weight excluding hydrogens is 599 g/mol. The molecule has 1 amide bonds. The molecule has 43 heavy (non-hydrogen) atoms. The number of unbranched alkanes of at least 4 members (excludes halogenated alkanes) is 14. The van der Waals surface area contributed by atoms with Gasteiger partial charge >= 0.3 is 11.9 Å². The molecule has 2 atom stereocenters. The number of alkyl halides is 2. The molecule has 0 saturated carbocycles. The molecule has 244 valence electrons. The summed E-state index contributed by atoms with van der Waals surface area (Å²) < 4.78 is 10.7. The number of carbonyl (C=O) groups excluding carboxylic acids is 3. The summed E-state index contributed by atoms with van der Waals surface area (Å²) in [4.78, 5) is 45.6. The number of amides is 1. The predicted octanol–water partition coefficient (Wildman–Crippen LogP) is 7.26. The van der Waals surface area contributed by atoms with Crippen LogP contribution in [-0.4, -0.2) is 52.0 Å². The molecule has 0 unspecified atom stereocenters. The lowest BCUT2D eigenvalue weighted by molar-refractivity contribution is -0.384. The van der Waals surface area contributed by atoms with Gasteiger partial charge in [0.1, 0.15) is 19.3 Å². The predicted molar refractivity (Wildman–Crippen MR) is 167 cm³/mol. The Morgan fingerprint density at radius 3 is 1.77 bits per heavy atom. The fourth-order valence-electron chi connectivity index (χ4n) is 4.69. The highest BCUT2D eigenvalue weighted by molar-refractivity contribution is 6.53. The number of non-ortho nitro benzene ring substituents is 1. The summed E-state index contributed by atoms with van der Waals surface area (Å²) in [6.07, 6.45) is 17.1. The van der Waals surface area contributed by atoms with Gasteiger partial charge in [-0.25, -0.2) is 4.79 Å². The molecule has 0 saturated heterocycles. The Morgan fingerprint density at radius 2 is 1.33 bits per heavy atom. The van der Waals surface area contributed by atoms with Crippen LogP contribution in [0.5, 0.6) is 0 Å². The third-order valence-corrected chi connectivity index (χ3v) is 7.52. The molecule has 0 bridgehead atoms. The molecule has 1 aromatic carbocycles. The molecule has 0 radical (unpaired) electrons. The van der Waals surface area contributed by atoms with Crippen LogP contribution in [0.1, 0.15) is 121 Å². The van der Waals surface area contributed by atoms with Gasteiger partial charge < -0.3 is 19.9 Å². The summed E-state index contributed by atoms with van der Waals surface area (Å²) in [5.41, 5.74) is 0.0601. The van der Waals surface area contributed by atoms with Gasteiger partial charge in [-0.2, -0.15) is 0 Å². The SMILES string of the molecule is CCCCCCCCCCCCCCCCCC(=O)OC[C@@H](NC(=O)C(Cl)Cl)[C@H](OC(=O)CO)c1ccc([N+](=O)[O-])cc1. The zero-order chi connectivity index (χ0) is 31.9. The summed E-state index contributed by atoms with van der Waals surface area (Å²) in [6, 6.07) is 3.94. The Hall–Kier alpha value is -2.43. The number of nitrogens with one attached hydrogen (secondary N) is 1. The molecule has 1 rings (SSSR count). The van der Waals surface area contributed by atoms with Crippen LogP contribution in [-0.2, 0) is 23.9 Å². The summed E-state index contributed by atoms with van der Waals surface area (Å²) in [6.45, 7) is 0.907. The molecular formula is C31H48Cl2N2O8. The van der Waals surface area contributed by atoms with Crippen molar-refractivity contribution in [2.75, 3.05) is 13.2 Å². The number of halogens is 2. The number of hydrogen-bond acceptors (Lipinski definition) is 8. The van der Waals surface area contributed by atoms with Crippen molar-refractivity contribution in [1.29, 1.82) is 0 Å². The van der Waals surface area contributed by atoms with Gasteiger partial charge in [0.15, 0.2) is 10.9 Å². The number of aliphatic hydroxyl groups is 1. The molecule has 0 aliphatic heterocycles. The molecule has 2 N–H and O–H groups in total. The second-order valence-electron chi connectivity index (χ2n) is 10.7. The number of nitro groups is 1. The summed E-state index contributed by atoms with van der Waals surface area (Å²) in [5.74, 6) is -2.32. The van der Waals surface area contributed by atoms with Crippen LogP contribution >= 0.6 is 23.2 Å². The standard InChI is InChI=1S/C31H48Cl2N2O8/c1-2-3-4-5-6-7-8-9-10-11-12-13-14-15-16-17-27(37)42-23-26(34-31(39)30(32)33)29(43-28(38)22-36)24-18-20-25(21-19-24)35(40)41/h18-21,26,29-30,36H,2-17,22-23H2,1H3,(H,34,39)/t26-,29-/m1/s1. The zero-order valence-corrected chi connectivity index (χ0v) is 26.8. The average Bonchev–Trinajstić information content (AvgIpc) is 2.99. The van der Waals surface area contributed by atoms with E-state index in [2.05, 4.69) is 12.2 Å². The van der Waals surface area contributed by atoms with E-state index in [-0.39, 0.29) is 24.3 Å². The minimum absolute atomic E-state index is 0.186. The van der Waals surface area contributed by atoms with Crippen LogP contribution in [0.25, 0.3) is 0 Å². The molecule has 0 aromatic heterocycles. The van der Waals surface area contributed by atoms with Gasteiger partial charge in [-0.3, -0.25) is 19.7 Å². The summed E-state index contributed by atoms with van der Waals surface area (Å²) in [7, 11) is 0. The van der Waals surface area contributed by atoms with E-state index in [9.17, 15) is 29.6 Å². The maximum atomic E-state index is 12.4. The fourth-order valence-corrected chi connectivity index (χ4v) is 4.82. The van der Waals surface area contributed by atoms with Crippen molar-refractivity contribution in [2.24, 2.45) is 0 Å². The Morgan fingerprint density at radius 1 is 0.837 bits per heavy atom. The number of benzene rings is 1. The minimum Gasteiger partial charge on any atom is -0.463 e. The zero-order valence-electron chi connectivity index (χ0n) is 25.3. The Kier molecular flexibility index (Phi) is 21.5. The van der Waals surface area contributed by atoms with E-state index in [1.807, 2.05) is 0 Å². The first-order valence-electron chi connectivity index (χ1n) is 15.5. The van der Waals surface area contributed by atoms with Crippen molar-refractivity contribution in [1.82, 2.24) is 5.32 Å². The van der Waals surface area contributed by atoms with Gasteiger partial charge in [-0.1, -0.05) is 120 Å². The Labute approximate surface area is 265 Å². The molecule has 0 fully saturated rings. The number of esters is 2. The lowest BCUT2D eigenvalue weighted by atomic mass is 10.0. The van der Waals surface area contributed by atoms with Crippen molar-refractivity contribution in [3.63, 3.8) is 0 Å². The van der Waals surface area contributed by atoms with Crippen LogP contribution in [0.3, 0.4) is 0 Å². The van der Waals surface area contributed by atoms with Crippen LogP contribution in [0.4, 0.5) is 5.69 Å². The number of hydrogen-bond donors (Lipinski definition) is 2. The molecule has 0 aliphatic carbocycles. The van der Waals surface area contributed by atoms with Crippen LogP contribution in [0, 0.1) is 10.1 Å².